The number of hydrogen-bond acceptors (Lipinski definition) is 6. The van der Waals surface area contributed by atoms with Crippen molar-refractivity contribution in [2.24, 2.45) is 0 Å². The van der Waals surface area contributed by atoms with Crippen molar-refractivity contribution in [3.05, 3.63) is 58.1 Å². The number of carbonyl (C=O) groups excluding carboxylic acids is 1. The van der Waals surface area contributed by atoms with E-state index in [1.807, 2.05) is 11.0 Å². The van der Waals surface area contributed by atoms with E-state index >= 15 is 0 Å². The minimum absolute atomic E-state index is 0.0760. The molecule has 0 unspecified atom stereocenters. The molecule has 31 heavy (non-hydrogen) atoms. The van der Waals surface area contributed by atoms with Crippen molar-refractivity contribution in [2.75, 3.05) is 38.2 Å². The van der Waals surface area contributed by atoms with Crippen molar-refractivity contribution in [3.63, 3.8) is 0 Å². The Hall–Kier alpha value is -3.29. The van der Waals surface area contributed by atoms with Gasteiger partial charge in [0.25, 0.3) is 11.6 Å². The number of ether oxygens (including phenoxy) is 2. The highest BCUT2D eigenvalue weighted by molar-refractivity contribution is 5.95. The quantitative estimate of drug-likeness (QED) is 0.516. The van der Waals surface area contributed by atoms with Crippen LogP contribution in [-0.4, -0.2) is 55.1 Å². The molecule has 4 rings (SSSR count). The van der Waals surface area contributed by atoms with Crippen molar-refractivity contribution >= 4 is 17.3 Å². The van der Waals surface area contributed by atoms with Crippen LogP contribution in [0.1, 0.15) is 36.0 Å². The normalized spacial score (nSPS) is 16.9. The number of nitrogens with zero attached hydrogens (tertiary/aromatic N) is 3. The van der Waals surface area contributed by atoms with E-state index in [1.165, 1.54) is 18.9 Å². The predicted molar refractivity (Wildman–Crippen MR) is 117 cm³/mol. The van der Waals surface area contributed by atoms with Gasteiger partial charge in [-0.2, -0.15) is 0 Å². The SMILES string of the molecule is COc1cc(C(=O)N2CCN(c3ccccc3[N+](=O)[O-])CC2)ccc1OC1CCCC1. The first-order valence-electron chi connectivity index (χ1n) is 10.7. The number of benzene rings is 2. The summed E-state index contributed by atoms with van der Waals surface area (Å²) in [5.74, 6) is 1.16. The van der Waals surface area contributed by atoms with E-state index in [2.05, 4.69) is 0 Å². The number of rotatable bonds is 6. The Morgan fingerprint density at radius 2 is 1.74 bits per heavy atom. The van der Waals surface area contributed by atoms with E-state index in [4.69, 9.17) is 9.47 Å². The molecule has 1 heterocycles. The lowest BCUT2D eigenvalue weighted by atomic mass is 10.1. The molecule has 2 aromatic rings. The zero-order chi connectivity index (χ0) is 21.8. The number of anilines is 1. The van der Waals surface area contributed by atoms with Crippen LogP contribution in [0.2, 0.25) is 0 Å². The molecule has 2 fully saturated rings. The molecule has 164 valence electrons. The standard InChI is InChI=1S/C23H27N3O5/c1-30-22-16-17(10-11-21(22)31-18-6-2-3-7-18)23(27)25-14-12-24(13-15-25)19-8-4-5-9-20(19)26(28)29/h4-5,8-11,16,18H,2-3,6-7,12-15H2,1H3. The highest BCUT2D eigenvalue weighted by Gasteiger charge is 2.27. The highest BCUT2D eigenvalue weighted by Crippen LogP contribution is 2.33. The molecule has 0 N–H and O–H groups in total. The summed E-state index contributed by atoms with van der Waals surface area (Å²) in [4.78, 5) is 27.7. The van der Waals surface area contributed by atoms with Gasteiger partial charge in [-0.1, -0.05) is 12.1 Å². The summed E-state index contributed by atoms with van der Waals surface area (Å²) >= 11 is 0. The second kappa shape index (κ2) is 9.24. The molecule has 0 aromatic heterocycles. The topological polar surface area (TPSA) is 85.2 Å². The summed E-state index contributed by atoms with van der Waals surface area (Å²) in [6.07, 6.45) is 4.68. The lowest BCUT2D eigenvalue weighted by molar-refractivity contribution is -0.384. The first-order valence-corrected chi connectivity index (χ1v) is 10.7. The van der Waals surface area contributed by atoms with Gasteiger partial charge in [-0.05, 0) is 49.9 Å². The molecule has 8 heteroatoms. The Bertz CT molecular complexity index is 950. The molecule has 1 aliphatic carbocycles. The fourth-order valence-electron chi connectivity index (χ4n) is 4.30. The van der Waals surface area contributed by atoms with Gasteiger partial charge in [0.15, 0.2) is 11.5 Å². The zero-order valence-corrected chi connectivity index (χ0v) is 17.7. The van der Waals surface area contributed by atoms with Crippen LogP contribution in [0.5, 0.6) is 11.5 Å². The molecule has 1 saturated carbocycles. The van der Waals surface area contributed by atoms with E-state index in [0.717, 1.165) is 12.8 Å². The first-order chi connectivity index (χ1) is 15.1. The molecule has 2 aliphatic rings. The zero-order valence-electron chi connectivity index (χ0n) is 17.7. The lowest BCUT2D eigenvalue weighted by Gasteiger charge is -2.35. The Morgan fingerprint density at radius 3 is 2.42 bits per heavy atom. The van der Waals surface area contributed by atoms with E-state index in [9.17, 15) is 14.9 Å². The van der Waals surface area contributed by atoms with Crippen molar-refractivity contribution in [1.82, 2.24) is 4.90 Å². The molecule has 0 radical (unpaired) electrons. The predicted octanol–water partition coefficient (Wildman–Crippen LogP) is 3.89. The number of piperazine rings is 1. The maximum atomic E-state index is 13.0. The highest BCUT2D eigenvalue weighted by atomic mass is 16.6. The average Bonchev–Trinajstić information content (AvgIpc) is 3.32. The van der Waals surface area contributed by atoms with Gasteiger partial charge in [0.05, 0.1) is 18.1 Å². The maximum Gasteiger partial charge on any atom is 0.292 e. The Kier molecular flexibility index (Phi) is 6.25. The second-order valence-corrected chi connectivity index (χ2v) is 7.92. The maximum absolute atomic E-state index is 13.0. The van der Waals surface area contributed by atoms with Crippen LogP contribution < -0.4 is 14.4 Å². The third-order valence-corrected chi connectivity index (χ3v) is 5.99. The smallest absolute Gasteiger partial charge is 0.292 e. The summed E-state index contributed by atoms with van der Waals surface area (Å²) in [5, 5.41) is 11.3. The molecule has 1 saturated heterocycles. The fraction of sp³-hybridized carbons (Fsp3) is 0.435. The third-order valence-electron chi connectivity index (χ3n) is 5.99. The molecule has 1 aliphatic heterocycles. The van der Waals surface area contributed by atoms with Crippen molar-refractivity contribution in [3.8, 4) is 11.5 Å². The first kappa shape index (κ1) is 21.0. The van der Waals surface area contributed by atoms with Gasteiger partial charge in [0.2, 0.25) is 0 Å². The fourth-order valence-corrected chi connectivity index (χ4v) is 4.30. The molecule has 0 spiro atoms. The van der Waals surface area contributed by atoms with E-state index in [-0.39, 0.29) is 22.6 Å². The van der Waals surface area contributed by atoms with Gasteiger partial charge < -0.3 is 19.3 Å². The van der Waals surface area contributed by atoms with Crippen LogP contribution in [0.15, 0.2) is 42.5 Å². The monoisotopic (exact) mass is 425 g/mol. The summed E-state index contributed by atoms with van der Waals surface area (Å²) in [6, 6.07) is 12.0. The summed E-state index contributed by atoms with van der Waals surface area (Å²) < 4.78 is 11.5. The van der Waals surface area contributed by atoms with Gasteiger partial charge in [-0.15, -0.1) is 0 Å². The number of nitro benzene ring substituents is 1. The molecule has 8 nitrogen and oxygen atoms in total. The molecule has 0 bridgehead atoms. The van der Waals surface area contributed by atoms with Crippen LogP contribution in [0, 0.1) is 10.1 Å². The van der Waals surface area contributed by atoms with Crippen LogP contribution >= 0.6 is 0 Å². The van der Waals surface area contributed by atoms with Crippen LogP contribution in [0.4, 0.5) is 11.4 Å². The van der Waals surface area contributed by atoms with Gasteiger partial charge in [-0.25, -0.2) is 0 Å². The third kappa shape index (κ3) is 4.57. The molecule has 0 atom stereocenters. The van der Waals surface area contributed by atoms with Crippen molar-refractivity contribution in [1.29, 1.82) is 0 Å². The minimum Gasteiger partial charge on any atom is -0.493 e. The largest absolute Gasteiger partial charge is 0.493 e. The van der Waals surface area contributed by atoms with E-state index in [1.54, 1.807) is 42.3 Å². The molecular weight excluding hydrogens is 398 g/mol. The molecular formula is C23H27N3O5. The summed E-state index contributed by atoms with van der Waals surface area (Å²) in [7, 11) is 1.58. The Morgan fingerprint density at radius 1 is 1.03 bits per heavy atom. The lowest BCUT2D eigenvalue weighted by Crippen LogP contribution is -2.49. The van der Waals surface area contributed by atoms with Crippen molar-refractivity contribution < 1.29 is 19.2 Å². The van der Waals surface area contributed by atoms with Gasteiger partial charge in [0.1, 0.15) is 5.69 Å². The van der Waals surface area contributed by atoms with Gasteiger partial charge in [0, 0.05) is 37.8 Å². The number of hydrogen-bond donors (Lipinski definition) is 0. The molecule has 2 aromatic carbocycles. The van der Waals surface area contributed by atoms with E-state index in [0.29, 0.717) is 48.9 Å². The van der Waals surface area contributed by atoms with Crippen molar-refractivity contribution in [2.45, 2.75) is 31.8 Å². The van der Waals surface area contributed by atoms with Crippen LogP contribution in [-0.2, 0) is 0 Å². The minimum atomic E-state index is -0.367. The summed E-state index contributed by atoms with van der Waals surface area (Å²) in [6.45, 7) is 2.06. The Labute approximate surface area is 181 Å². The Balaban J connectivity index is 1.42. The average molecular weight is 425 g/mol. The molecule has 1 amide bonds. The second-order valence-electron chi connectivity index (χ2n) is 7.92. The number of methoxy groups -OCH3 is 1. The number of amides is 1. The van der Waals surface area contributed by atoms with Gasteiger partial charge >= 0.3 is 0 Å². The van der Waals surface area contributed by atoms with Crippen LogP contribution in [0.25, 0.3) is 0 Å². The number of carbonyl (C=O) groups is 1. The number of nitro groups is 1. The van der Waals surface area contributed by atoms with Crippen LogP contribution in [0.3, 0.4) is 0 Å². The summed E-state index contributed by atoms with van der Waals surface area (Å²) in [5.41, 5.74) is 1.23. The van der Waals surface area contributed by atoms with Gasteiger partial charge in [-0.3, -0.25) is 14.9 Å². The van der Waals surface area contributed by atoms with E-state index < -0.39 is 0 Å². The number of para-hydroxylation sites is 2.